The number of fused-ring (bicyclic) bond motifs is 2. The molecule has 2 aliphatic rings. The molecule has 0 radical (unpaired) electrons. The van der Waals surface area contributed by atoms with Crippen LogP contribution in [0.3, 0.4) is 0 Å². The zero-order valence-corrected chi connectivity index (χ0v) is 10.6. The average molecular weight is 250 g/mol. The van der Waals surface area contributed by atoms with E-state index in [1.807, 2.05) is 12.1 Å². The Morgan fingerprint density at radius 3 is 3.00 bits per heavy atom. The van der Waals surface area contributed by atoms with Crippen molar-refractivity contribution in [1.82, 2.24) is 10.6 Å². The second-order valence-corrected chi connectivity index (χ2v) is 5.60. The molecule has 2 aliphatic carbocycles. The Kier molecular flexibility index (Phi) is 3.05. The van der Waals surface area contributed by atoms with Crippen LogP contribution in [0.5, 0.6) is 0 Å². The van der Waals surface area contributed by atoms with Gasteiger partial charge in [0.1, 0.15) is 5.76 Å². The first-order valence-corrected chi connectivity index (χ1v) is 6.79. The highest BCUT2D eigenvalue weighted by Crippen LogP contribution is 2.44. The van der Waals surface area contributed by atoms with E-state index in [-0.39, 0.29) is 0 Å². The molecule has 0 aromatic carbocycles. The third-order valence-electron chi connectivity index (χ3n) is 4.06. The molecule has 0 amide bonds. The molecule has 1 aromatic rings. The first kappa shape index (κ1) is 11.1. The van der Waals surface area contributed by atoms with Gasteiger partial charge >= 0.3 is 0 Å². The van der Waals surface area contributed by atoms with E-state index in [2.05, 4.69) is 10.6 Å². The van der Waals surface area contributed by atoms with E-state index in [0.717, 1.165) is 22.7 Å². The summed E-state index contributed by atoms with van der Waals surface area (Å²) < 4.78 is 5.25. The molecule has 0 unspecified atom stereocenters. The second-order valence-electron chi connectivity index (χ2n) is 5.19. The lowest BCUT2D eigenvalue weighted by atomic mass is 9.96. The molecule has 2 saturated carbocycles. The van der Waals surface area contributed by atoms with Gasteiger partial charge in [-0.15, -0.1) is 0 Å². The van der Waals surface area contributed by atoms with Crippen molar-refractivity contribution in [3.63, 3.8) is 0 Å². The number of hydrogen-bond acceptors (Lipinski definition) is 2. The summed E-state index contributed by atoms with van der Waals surface area (Å²) in [7, 11) is 0. The van der Waals surface area contributed by atoms with Crippen molar-refractivity contribution in [2.24, 2.45) is 11.8 Å². The summed E-state index contributed by atoms with van der Waals surface area (Å²) in [5.74, 6) is 2.72. The van der Waals surface area contributed by atoms with Crippen LogP contribution in [0.25, 0.3) is 0 Å². The second kappa shape index (κ2) is 4.69. The van der Waals surface area contributed by atoms with Crippen LogP contribution < -0.4 is 10.6 Å². The van der Waals surface area contributed by atoms with Crippen LogP contribution in [0, 0.1) is 11.8 Å². The predicted octanol–water partition coefficient (Wildman–Crippen LogP) is 2.43. The highest BCUT2D eigenvalue weighted by Gasteiger charge is 2.39. The van der Waals surface area contributed by atoms with E-state index >= 15 is 0 Å². The van der Waals surface area contributed by atoms with Gasteiger partial charge < -0.3 is 15.1 Å². The van der Waals surface area contributed by atoms with Crippen molar-refractivity contribution >= 4 is 17.3 Å². The van der Waals surface area contributed by atoms with Crippen LogP contribution in [-0.2, 0) is 6.54 Å². The molecule has 0 spiro atoms. The lowest BCUT2D eigenvalue weighted by Crippen LogP contribution is -2.43. The first-order chi connectivity index (χ1) is 8.31. The standard InChI is InChI=1S/C13H18N2OS/c17-13(14-8-11-2-1-5-16-11)15-12-7-9-3-4-10(12)6-9/h1-2,5,9-10,12H,3-4,6-8H2,(H2,14,15,17)/t9-,10-,12-/m1/s1. The minimum atomic E-state index is 0.602. The molecule has 2 fully saturated rings. The summed E-state index contributed by atoms with van der Waals surface area (Å²) in [6.07, 6.45) is 7.19. The molecule has 2 N–H and O–H groups in total. The fraction of sp³-hybridized carbons (Fsp3) is 0.615. The van der Waals surface area contributed by atoms with Crippen LogP contribution in [0.2, 0.25) is 0 Å². The zero-order valence-electron chi connectivity index (χ0n) is 9.82. The van der Waals surface area contributed by atoms with Gasteiger partial charge in [-0.1, -0.05) is 6.42 Å². The van der Waals surface area contributed by atoms with Crippen LogP contribution >= 0.6 is 12.2 Å². The SMILES string of the molecule is S=C(NCc1ccco1)N[C@@H]1C[C@@H]2CC[C@@H]1C2. The highest BCUT2D eigenvalue weighted by atomic mass is 32.1. The van der Waals surface area contributed by atoms with Gasteiger partial charge in [-0.2, -0.15) is 0 Å². The van der Waals surface area contributed by atoms with Gasteiger partial charge in [0.05, 0.1) is 12.8 Å². The fourth-order valence-corrected chi connectivity index (χ4v) is 3.45. The summed E-state index contributed by atoms with van der Waals surface area (Å²) in [6.45, 7) is 0.666. The predicted molar refractivity (Wildman–Crippen MR) is 70.5 cm³/mol. The van der Waals surface area contributed by atoms with Gasteiger partial charge in [-0.05, 0) is 55.4 Å². The number of hydrogen-bond donors (Lipinski definition) is 2. The molecule has 3 rings (SSSR count). The fourth-order valence-electron chi connectivity index (χ4n) is 3.22. The van der Waals surface area contributed by atoms with Crippen molar-refractivity contribution < 1.29 is 4.42 Å². The van der Waals surface area contributed by atoms with E-state index in [1.165, 1.54) is 25.7 Å². The van der Waals surface area contributed by atoms with Gasteiger partial charge in [-0.25, -0.2) is 0 Å². The van der Waals surface area contributed by atoms with Crippen molar-refractivity contribution in [3.8, 4) is 0 Å². The van der Waals surface area contributed by atoms with Crippen LogP contribution in [-0.4, -0.2) is 11.2 Å². The van der Waals surface area contributed by atoms with Gasteiger partial charge in [0.15, 0.2) is 5.11 Å². The Bertz CT molecular complexity index is 390. The summed E-state index contributed by atoms with van der Waals surface area (Å²) in [4.78, 5) is 0. The molecule has 3 atom stereocenters. The van der Waals surface area contributed by atoms with Crippen molar-refractivity contribution in [3.05, 3.63) is 24.2 Å². The molecule has 92 valence electrons. The first-order valence-electron chi connectivity index (χ1n) is 6.38. The largest absolute Gasteiger partial charge is 0.467 e. The quantitative estimate of drug-likeness (QED) is 0.808. The minimum absolute atomic E-state index is 0.602. The Hall–Kier alpha value is -1.03. The molecule has 1 heterocycles. The third kappa shape index (κ3) is 2.46. The summed E-state index contributed by atoms with van der Waals surface area (Å²) >= 11 is 5.32. The maximum atomic E-state index is 5.32. The molecule has 1 aromatic heterocycles. The van der Waals surface area contributed by atoms with Crippen LogP contribution in [0.4, 0.5) is 0 Å². The topological polar surface area (TPSA) is 37.2 Å². The molecular formula is C13H18N2OS. The molecule has 4 heteroatoms. The molecule has 17 heavy (non-hydrogen) atoms. The van der Waals surface area contributed by atoms with E-state index < -0.39 is 0 Å². The van der Waals surface area contributed by atoms with Crippen molar-refractivity contribution in [2.45, 2.75) is 38.3 Å². The molecular weight excluding hydrogens is 232 g/mol. The van der Waals surface area contributed by atoms with Gasteiger partial charge in [0.25, 0.3) is 0 Å². The Balaban J connectivity index is 1.44. The van der Waals surface area contributed by atoms with Gasteiger partial charge in [0.2, 0.25) is 0 Å². The Morgan fingerprint density at radius 2 is 2.35 bits per heavy atom. The van der Waals surface area contributed by atoms with Crippen molar-refractivity contribution in [2.75, 3.05) is 0 Å². The number of rotatable bonds is 3. The third-order valence-corrected chi connectivity index (χ3v) is 4.32. The number of thiocarbonyl (C=S) groups is 1. The molecule has 3 nitrogen and oxygen atoms in total. The van der Waals surface area contributed by atoms with E-state index in [1.54, 1.807) is 6.26 Å². The Labute approximate surface area is 107 Å². The maximum Gasteiger partial charge on any atom is 0.166 e. The highest BCUT2D eigenvalue weighted by molar-refractivity contribution is 7.80. The Morgan fingerprint density at radius 1 is 1.41 bits per heavy atom. The van der Waals surface area contributed by atoms with Crippen LogP contribution in [0.15, 0.2) is 22.8 Å². The summed E-state index contributed by atoms with van der Waals surface area (Å²) in [5.41, 5.74) is 0. The smallest absolute Gasteiger partial charge is 0.166 e. The summed E-state index contributed by atoms with van der Waals surface area (Å²) in [6, 6.07) is 4.45. The molecule has 0 saturated heterocycles. The van der Waals surface area contributed by atoms with E-state index in [0.29, 0.717) is 12.6 Å². The van der Waals surface area contributed by atoms with E-state index in [4.69, 9.17) is 16.6 Å². The normalized spacial score (nSPS) is 30.5. The maximum absolute atomic E-state index is 5.32. The molecule has 0 aliphatic heterocycles. The van der Waals surface area contributed by atoms with Gasteiger partial charge in [-0.3, -0.25) is 0 Å². The summed E-state index contributed by atoms with van der Waals surface area (Å²) in [5, 5.41) is 7.41. The van der Waals surface area contributed by atoms with Gasteiger partial charge in [0, 0.05) is 6.04 Å². The lowest BCUT2D eigenvalue weighted by molar-refractivity contribution is 0.388. The monoisotopic (exact) mass is 250 g/mol. The lowest BCUT2D eigenvalue weighted by Gasteiger charge is -2.24. The number of nitrogens with one attached hydrogen (secondary N) is 2. The van der Waals surface area contributed by atoms with E-state index in [9.17, 15) is 0 Å². The number of furan rings is 1. The minimum Gasteiger partial charge on any atom is -0.467 e. The zero-order chi connectivity index (χ0) is 11.7. The van der Waals surface area contributed by atoms with Crippen LogP contribution in [0.1, 0.15) is 31.4 Å². The van der Waals surface area contributed by atoms with Crippen molar-refractivity contribution in [1.29, 1.82) is 0 Å². The average Bonchev–Trinajstić information content (AvgIpc) is 3.03. The molecule has 2 bridgehead atoms.